The van der Waals surface area contributed by atoms with E-state index in [1.54, 1.807) is 17.2 Å². The van der Waals surface area contributed by atoms with Crippen LogP contribution in [0.3, 0.4) is 0 Å². The Morgan fingerprint density at radius 3 is 3.00 bits per heavy atom. The first-order chi connectivity index (χ1) is 15.0. The van der Waals surface area contributed by atoms with Crippen molar-refractivity contribution in [3.8, 4) is 0 Å². The van der Waals surface area contributed by atoms with Gasteiger partial charge in [0.1, 0.15) is 11.6 Å². The Balaban J connectivity index is 1.40. The molecule has 0 radical (unpaired) electrons. The van der Waals surface area contributed by atoms with Crippen LogP contribution in [0.5, 0.6) is 0 Å². The molecule has 0 spiro atoms. The molecule has 1 aliphatic rings. The maximum atomic E-state index is 13.5. The van der Waals surface area contributed by atoms with E-state index in [9.17, 15) is 9.18 Å². The van der Waals surface area contributed by atoms with Gasteiger partial charge in [-0.15, -0.1) is 0 Å². The van der Waals surface area contributed by atoms with Crippen LogP contribution in [0.2, 0.25) is 0 Å². The number of likely N-dealkylation sites (tertiary alicyclic amines) is 1. The number of rotatable bonds is 7. The lowest BCUT2D eigenvalue weighted by molar-refractivity contribution is 0.139. The zero-order valence-corrected chi connectivity index (χ0v) is 18.1. The van der Waals surface area contributed by atoms with E-state index < -0.39 is 0 Å². The molecule has 7 heteroatoms. The highest BCUT2D eigenvalue weighted by Crippen LogP contribution is 2.32. The van der Waals surface area contributed by atoms with E-state index in [1.807, 2.05) is 44.3 Å². The summed E-state index contributed by atoms with van der Waals surface area (Å²) in [7, 11) is 0. The molecule has 6 nitrogen and oxygen atoms in total. The number of nitrogens with zero attached hydrogens (tertiary/aromatic N) is 3. The van der Waals surface area contributed by atoms with Gasteiger partial charge in [0.2, 0.25) is 0 Å². The van der Waals surface area contributed by atoms with Crippen molar-refractivity contribution in [2.75, 3.05) is 37.7 Å². The molecular formula is C24H29FN4O2. The Kier molecular flexibility index (Phi) is 6.51. The lowest BCUT2D eigenvalue weighted by Gasteiger charge is -2.24. The van der Waals surface area contributed by atoms with Crippen LogP contribution in [0.25, 0.3) is 10.9 Å². The molecule has 31 heavy (non-hydrogen) atoms. The van der Waals surface area contributed by atoms with E-state index in [1.165, 1.54) is 11.6 Å². The molecule has 1 amide bonds. The van der Waals surface area contributed by atoms with Crippen molar-refractivity contribution < 1.29 is 13.9 Å². The molecule has 1 atom stereocenters. The smallest absolute Gasteiger partial charge is 0.415 e. The minimum absolute atomic E-state index is 0.229. The average Bonchev–Trinajstić information content (AvgIpc) is 3.39. The maximum absolute atomic E-state index is 13.5. The maximum Gasteiger partial charge on any atom is 0.415 e. The number of fused-ring (bicyclic) bond motifs is 1. The number of halogens is 1. The van der Waals surface area contributed by atoms with E-state index in [0.717, 1.165) is 37.0 Å². The quantitative estimate of drug-likeness (QED) is 0.592. The molecule has 1 aliphatic heterocycles. The normalized spacial score (nSPS) is 16.8. The number of benzene rings is 1. The van der Waals surface area contributed by atoms with Gasteiger partial charge < -0.3 is 14.6 Å². The number of carbonyl (C=O) groups excluding carboxylic acids is 1. The number of aromatic nitrogens is 2. The van der Waals surface area contributed by atoms with Gasteiger partial charge in [-0.05, 0) is 60.7 Å². The van der Waals surface area contributed by atoms with Crippen LogP contribution < -0.4 is 4.90 Å². The summed E-state index contributed by atoms with van der Waals surface area (Å²) in [5.74, 6) is 1.03. The SMILES string of the molecule is CC(C)COC(=O)N(CCN1CCC(c2c[nH]c3cc(F)ccc23)C1)c1ccccn1. The van der Waals surface area contributed by atoms with Crippen molar-refractivity contribution in [1.29, 1.82) is 0 Å². The van der Waals surface area contributed by atoms with Crippen LogP contribution >= 0.6 is 0 Å². The first kappa shape index (κ1) is 21.3. The largest absolute Gasteiger partial charge is 0.449 e. The zero-order chi connectivity index (χ0) is 21.8. The first-order valence-corrected chi connectivity index (χ1v) is 10.9. The second kappa shape index (κ2) is 9.47. The van der Waals surface area contributed by atoms with Crippen LogP contribution in [-0.2, 0) is 4.74 Å². The standard InChI is InChI=1S/C24H29FN4O2/c1-17(2)16-31-24(30)29(23-5-3-4-9-26-23)12-11-28-10-8-18(15-28)21-14-27-22-13-19(25)6-7-20(21)22/h3-7,9,13-14,17-18,27H,8,10-12,15-16H2,1-2H3. The van der Waals surface area contributed by atoms with Gasteiger partial charge in [-0.1, -0.05) is 19.9 Å². The summed E-state index contributed by atoms with van der Waals surface area (Å²) in [6.45, 7) is 7.52. The molecule has 1 unspecified atom stereocenters. The Morgan fingerprint density at radius 1 is 1.35 bits per heavy atom. The van der Waals surface area contributed by atoms with Crippen LogP contribution in [0.1, 0.15) is 31.7 Å². The highest BCUT2D eigenvalue weighted by molar-refractivity contribution is 5.86. The fourth-order valence-corrected chi connectivity index (χ4v) is 4.12. The Bertz CT molecular complexity index is 1020. The zero-order valence-electron chi connectivity index (χ0n) is 18.1. The Hall–Kier alpha value is -2.93. The minimum atomic E-state index is -0.359. The predicted octanol–water partition coefficient (Wildman–Crippen LogP) is 4.79. The molecule has 164 valence electrons. The lowest BCUT2D eigenvalue weighted by Crippen LogP contribution is -2.39. The molecule has 4 rings (SSSR count). The van der Waals surface area contributed by atoms with E-state index in [-0.39, 0.29) is 17.8 Å². The molecule has 1 N–H and O–H groups in total. The van der Waals surface area contributed by atoms with Gasteiger partial charge >= 0.3 is 6.09 Å². The number of aromatic amines is 1. The molecule has 0 aliphatic carbocycles. The number of anilines is 1. The van der Waals surface area contributed by atoms with Crippen molar-refractivity contribution in [2.45, 2.75) is 26.2 Å². The molecule has 1 aromatic carbocycles. The fraction of sp³-hybridized carbons (Fsp3) is 0.417. The fourth-order valence-electron chi connectivity index (χ4n) is 4.12. The van der Waals surface area contributed by atoms with E-state index in [0.29, 0.717) is 24.9 Å². The van der Waals surface area contributed by atoms with Gasteiger partial charge in [-0.2, -0.15) is 0 Å². The average molecular weight is 425 g/mol. The van der Waals surface area contributed by atoms with Crippen LogP contribution in [-0.4, -0.2) is 53.7 Å². The molecule has 3 heterocycles. The summed E-state index contributed by atoms with van der Waals surface area (Å²) in [5.41, 5.74) is 2.07. The number of carbonyl (C=O) groups is 1. The summed E-state index contributed by atoms with van der Waals surface area (Å²) < 4.78 is 19.0. The number of hydrogen-bond donors (Lipinski definition) is 1. The van der Waals surface area contributed by atoms with Crippen LogP contribution in [0.4, 0.5) is 15.0 Å². The van der Waals surface area contributed by atoms with Crippen molar-refractivity contribution >= 4 is 22.8 Å². The monoisotopic (exact) mass is 424 g/mol. The lowest BCUT2D eigenvalue weighted by atomic mass is 9.98. The second-order valence-electron chi connectivity index (χ2n) is 8.53. The Morgan fingerprint density at radius 2 is 2.23 bits per heavy atom. The van der Waals surface area contributed by atoms with Crippen molar-refractivity contribution in [2.24, 2.45) is 5.92 Å². The van der Waals surface area contributed by atoms with Crippen LogP contribution in [0.15, 0.2) is 48.8 Å². The number of hydrogen-bond acceptors (Lipinski definition) is 4. The number of amides is 1. The van der Waals surface area contributed by atoms with Gasteiger partial charge in [0.05, 0.1) is 6.61 Å². The van der Waals surface area contributed by atoms with E-state index >= 15 is 0 Å². The van der Waals surface area contributed by atoms with E-state index in [2.05, 4.69) is 14.9 Å². The molecule has 1 fully saturated rings. The van der Waals surface area contributed by atoms with Gasteiger partial charge in [0.25, 0.3) is 0 Å². The topological polar surface area (TPSA) is 61.5 Å². The minimum Gasteiger partial charge on any atom is -0.449 e. The highest BCUT2D eigenvalue weighted by atomic mass is 19.1. The Labute approximate surface area is 182 Å². The van der Waals surface area contributed by atoms with Gasteiger partial charge in [0.15, 0.2) is 0 Å². The molecular weight excluding hydrogens is 395 g/mol. The molecule has 0 bridgehead atoms. The molecule has 2 aromatic heterocycles. The number of H-pyrrole nitrogens is 1. The third kappa shape index (κ3) is 5.05. The summed E-state index contributed by atoms with van der Waals surface area (Å²) in [5, 5.41) is 1.08. The van der Waals surface area contributed by atoms with Crippen molar-refractivity contribution in [1.82, 2.24) is 14.9 Å². The summed E-state index contributed by atoms with van der Waals surface area (Å²) >= 11 is 0. The highest BCUT2D eigenvalue weighted by Gasteiger charge is 2.27. The van der Waals surface area contributed by atoms with E-state index in [4.69, 9.17) is 4.74 Å². The first-order valence-electron chi connectivity index (χ1n) is 10.9. The van der Waals surface area contributed by atoms with Crippen molar-refractivity contribution in [3.63, 3.8) is 0 Å². The third-order valence-corrected chi connectivity index (χ3v) is 5.71. The number of nitrogens with one attached hydrogen (secondary N) is 1. The molecule has 0 saturated carbocycles. The van der Waals surface area contributed by atoms with Gasteiger partial charge in [-0.3, -0.25) is 4.90 Å². The molecule has 1 saturated heterocycles. The summed E-state index contributed by atoms with van der Waals surface area (Å²) in [6.07, 6.45) is 4.36. The van der Waals surface area contributed by atoms with Gasteiger partial charge in [-0.25, -0.2) is 14.2 Å². The predicted molar refractivity (Wildman–Crippen MR) is 120 cm³/mol. The van der Waals surface area contributed by atoms with Crippen molar-refractivity contribution in [3.05, 3.63) is 60.2 Å². The summed E-state index contributed by atoms with van der Waals surface area (Å²) in [6, 6.07) is 10.4. The summed E-state index contributed by atoms with van der Waals surface area (Å²) in [4.78, 5) is 24.2. The number of pyridine rings is 1. The number of ether oxygens (including phenoxy) is 1. The van der Waals surface area contributed by atoms with Crippen LogP contribution in [0, 0.1) is 11.7 Å². The molecule has 3 aromatic rings. The third-order valence-electron chi connectivity index (χ3n) is 5.71. The van der Waals surface area contributed by atoms with Gasteiger partial charge in [0, 0.05) is 42.9 Å². The second-order valence-corrected chi connectivity index (χ2v) is 8.53.